The molecule has 3 rings (SSSR count). The minimum Gasteiger partial charge on any atom is -0.493 e. The molecule has 27 heavy (non-hydrogen) atoms. The van der Waals surface area contributed by atoms with Crippen molar-refractivity contribution in [2.45, 2.75) is 58.2 Å². The number of fused-ring (bicyclic) bond motifs is 1. The first-order valence-corrected chi connectivity index (χ1v) is 9.94. The zero-order valence-electron chi connectivity index (χ0n) is 15.7. The molecular weight excluding hydrogens is 368 g/mol. The van der Waals surface area contributed by atoms with Crippen LogP contribution in [-0.4, -0.2) is 24.0 Å². The molecule has 2 aliphatic rings. The van der Waals surface area contributed by atoms with Gasteiger partial charge in [0.05, 0.1) is 16.9 Å². The minimum absolute atomic E-state index is 0.0628. The van der Waals surface area contributed by atoms with Crippen LogP contribution in [0.5, 0.6) is 5.75 Å². The number of hydrogen-bond acceptors (Lipinski definition) is 5. The van der Waals surface area contributed by atoms with E-state index in [1.807, 2.05) is 13.8 Å². The molecule has 6 heteroatoms. The molecule has 0 N–H and O–H groups in total. The molecule has 0 radical (unpaired) electrons. The molecule has 146 valence electrons. The number of carbonyl (C=O) groups is 2. The molecule has 0 saturated heterocycles. The standard InChI is InChI=1S/C21H25ClO5/c1-3-13(4-2)21(24)26-14-9-10-15-18(11-14)25-12-19(20(15)23)27-17-8-6-5-7-16(17)22/h5-8,12-15,18H,3-4,9-11H2,1-2H3. The summed E-state index contributed by atoms with van der Waals surface area (Å²) in [5, 5.41) is 0.436. The number of esters is 1. The first-order valence-electron chi connectivity index (χ1n) is 9.56. The van der Waals surface area contributed by atoms with Crippen molar-refractivity contribution in [1.29, 1.82) is 0 Å². The van der Waals surface area contributed by atoms with Crippen LogP contribution in [0, 0.1) is 11.8 Å². The lowest BCUT2D eigenvalue weighted by Crippen LogP contribution is -2.43. The SMILES string of the molecule is CCC(CC)C(=O)OC1CCC2C(=O)C(Oc3ccccc3Cl)=COC2C1. The molecular formula is C21H25ClO5. The van der Waals surface area contributed by atoms with E-state index in [4.69, 9.17) is 25.8 Å². The van der Waals surface area contributed by atoms with Crippen LogP contribution >= 0.6 is 11.6 Å². The van der Waals surface area contributed by atoms with Gasteiger partial charge in [-0.2, -0.15) is 0 Å². The van der Waals surface area contributed by atoms with Crippen molar-refractivity contribution in [2.24, 2.45) is 11.8 Å². The molecule has 1 aliphatic heterocycles. The first-order chi connectivity index (χ1) is 13.0. The maximum Gasteiger partial charge on any atom is 0.309 e. The molecule has 1 heterocycles. The lowest BCUT2D eigenvalue weighted by molar-refractivity contribution is -0.160. The molecule has 5 nitrogen and oxygen atoms in total. The Labute approximate surface area is 164 Å². The Kier molecular flexibility index (Phi) is 6.42. The summed E-state index contributed by atoms with van der Waals surface area (Å²) in [6.07, 6.45) is 4.20. The number of halogens is 1. The summed E-state index contributed by atoms with van der Waals surface area (Å²) in [6, 6.07) is 6.99. The molecule has 1 saturated carbocycles. The van der Waals surface area contributed by atoms with Gasteiger partial charge in [0.2, 0.25) is 11.5 Å². The van der Waals surface area contributed by atoms with Crippen molar-refractivity contribution in [1.82, 2.24) is 0 Å². The van der Waals surface area contributed by atoms with Crippen molar-refractivity contribution < 1.29 is 23.8 Å². The second-order valence-corrected chi connectivity index (χ2v) is 7.45. The molecule has 1 aromatic carbocycles. The van der Waals surface area contributed by atoms with Crippen LogP contribution in [0.2, 0.25) is 5.02 Å². The molecule has 3 unspecified atom stereocenters. The maximum atomic E-state index is 12.8. The summed E-state index contributed by atoms with van der Waals surface area (Å²) in [4.78, 5) is 25.0. The highest BCUT2D eigenvalue weighted by atomic mass is 35.5. The monoisotopic (exact) mass is 392 g/mol. The van der Waals surface area contributed by atoms with Gasteiger partial charge >= 0.3 is 5.97 Å². The molecule has 0 aromatic heterocycles. The number of allylic oxidation sites excluding steroid dienone is 1. The molecule has 0 spiro atoms. The van der Waals surface area contributed by atoms with E-state index in [0.717, 1.165) is 12.8 Å². The van der Waals surface area contributed by atoms with Crippen LogP contribution in [-0.2, 0) is 19.1 Å². The summed E-state index contributed by atoms with van der Waals surface area (Å²) in [6.45, 7) is 3.97. The maximum absolute atomic E-state index is 12.8. The number of ketones is 1. The van der Waals surface area contributed by atoms with Gasteiger partial charge in [-0.1, -0.05) is 37.6 Å². The molecule has 1 aliphatic carbocycles. The molecule has 3 atom stereocenters. The first kappa shape index (κ1) is 19.7. The van der Waals surface area contributed by atoms with Gasteiger partial charge in [0.25, 0.3) is 0 Å². The molecule has 0 amide bonds. The Hall–Kier alpha value is -2.01. The van der Waals surface area contributed by atoms with Crippen LogP contribution in [0.3, 0.4) is 0 Å². The zero-order valence-corrected chi connectivity index (χ0v) is 16.4. The fourth-order valence-corrected chi connectivity index (χ4v) is 3.82. The van der Waals surface area contributed by atoms with E-state index >= 15 is 0 Å². The Morgan fingerprint density at radius 3 is 2.70 bits per heavy atom. The number of Topliss-reactive ketones (excluding diaryl/α,β-unsaturated/α-hetero) is 1. The van der Waals surface area contributed by atoms with E-state index in [1.165, 1.54) is 6.26 Å². The van der Waals surface area contributed by atoms with Crippen LogP contribution in [0.1, 0.15) is 46.0 Å². The Morgan fingerprint density at radius 2 is 2.00 bits per heavy atom. The largest absolute Gasteiger partial charge is 0.493 e. The summed E-state index contributed by atoms with van der Waals surface area (Å²) in [5.41, 5.74) is 0. The van der Waals surface area contributed by atoms with Gasteiger partial charge in [0.15, 0.2) is 0 Å². The summed E-state index contributed by atoms with van der Waals surface area (Å²) in [5.74, 6) is 0.00738. The predicted molar refractivity (Wildman–Crippen MR) is 101 cm³/mol. The Balaban J connectivity index is 1.62. The average Bonchev–Trinajstić information content (AvgIpc) is 2.66. The van der Waals surface area contributed by atoms with Gasteiger partial charge < -0.3 is 14.2 Å². The highest BCUT2D eigenvalue weighted by Crippen LogP contribution is 2.36. The molecule has 0 bridgehead atoms. The molecule has 1 aromatic rings. The van der Waals surface area contributed by atoms with Gasteiger partial charge in [-0.25, -0.2) is 0 Å². The van der Waals surface area contributed by atoms with Gasteiger partial charge in [-0.3, -0.25) is 9.59 Å². The van der Waals surface area contributed by atoms with Gasteiger partial charge in [-0.15, -0.1) is 0 Å². The van der Waals surface area contributed by atoms with E-state index < -0.39 is 0 Å². The van der Waals surface area contributed by atoms with Crippen LogP contribution in [0.25, 0.3) is 0 Å². The van der Waals surface area contributed by atoms with Crippen molar-refractivity contribution in [3.63, 3.8) is 0 Å². The normalized spacial score (nSPS) is 24.7. The zero-order chi connectivity index (χ0) is 19.4. The second kappa shape index (κ2) is 8.79. The Morgan fingerprint density at radius 1 is 1.26 bits per heavy atom. The quantitative estimate of drug-likeness (QED) is 0.658. The third-order valence-corrected chi connectivity index (χ3v) is 5.64. The van der Waals surface area contributed by atoms with Crippen molar-refractivity contribution in [2.75, 3.05) is 0 Å². The van der Waals surface area contributed by atoms with Crippen molar-refractivity contribution >= 4 is 23.4 Å². The predicted octanol–water partition coefficient (Wildman–Crippen LogP) is 4.68. The van der Waals surface area contributed by atoms with Gasteiger partial charge in [0, 0.05) is 6.42 Å². The van der Waals surface area contributed by atoms with E-state index in [1.54, 1.807) is 24.3 Å². The number of benzene rings is 1. The van der Waals surface area contributed by atoms with Gasteiger partial charge in [-0.05, 0) is 37.8 Å². The number of rotatable bonds is 6. The number of ether oxygens (including phenoxy) is 3. The fraction of sp³-hybridized carbons (Fsp3) is 0.524. The minimum atomic E-state index is -0.288. The van der Waals surface area contributed by atoms with Crippen molar-refractivity contribution in [3.8, 4) is 5.75 Å². The number of carbonyl (C=O) groups excluding carboxylic acids is 2. The highest BCUT2D eigenvalue weighted by molar-refractivity contribution is 6.32. The Bertz CT molecular complexity index is 725. The van der Waals surface area contributed by atoms with E-state index in [9.17, 15) is 9.59 Å². The lowest BCUT2D eigenvalue weighted by Gasteiger charge is -2.37. The van der Waals surface area contributed by atoms with Crippen LogP contribution in [0.4, 0.5) is 0 Å². The number of hydrogen-bond donors (Lipinski definition) is 0. The van der Waals surface area contributed by atoms with Crippen LogP contribution in [0.15, 0.2) is 36.3 Å². The van der Waals surface area contributed by atoms with E-state index in [0.29, 0.717) is 30.0 Å². The third-order valence-electron chi connectivity index (χ3n) is 5.33. The van der Waals surface area contributed by atoms with Gasteiger partial charge in [0.1, 0.15) is 24.2 Å². The highest BCUT2D eigenvalue weighted by Gasteiger charge is 2.42. The topological polar surface area (TPSA) is 61.8 Å². The van der Waals surface area contributed by atoms with Crippen LogP contribution < -0.4 is 4.74 Å². The summed E-state index contributed by atoms with van der Waals surface area (Å²) < 4.78 is 17.1. The summed E-state index contributed by atoms with van der Waals surface area (Å²) in [7, 11) is 0. The third kappa shape index (κ3) is 4.46. The smallest absolute Gasteiger partial charge is 0.309 e. The summed E-state index contributed by atoms with van der Waals surface area (Å²) >= 11 is 6.09. The lowest BCUT2D eigenvalue weighted by atomic mass is 9.80. The van der Waals surface area contributed by atoms with E-state index in [-0.39, 0.29) is 41.6 Å². The average molecular weight is 393 g/mol. The fourth-order valence-electron chi connectivity index (χ4n) is 3.64. The number of para-hydroxylation sites is 1. The van der Waals surface area contributed by atoms with E-state index in [2.05, 4.69) is 0 Å². The second-order valence-electron chi connectivity index (χ2n) is 7.05. The van der Waals surface area contributed by atoms with Crippen molar-refractivity contribution in [3.05, 3.63) is 41.3 Å². The molecule has 1 fully saturated rings.